The Labute approximate surface area is 248 Å². The molecule has 1 fully saturated rings. The zero-order valence-electron chi connectivity index (χ0n) is 24.8. The van der Waals surface area contributed by atoms with E-state index >= 15 is 0 Å². The molecule has 1 rings (SSSR count). The van der Waals surface area contributed by atoms with E-state index in [2.05, 4.69) is 19.1 Å². The van der Waals surface area contributed by atoms with E-state index in [4.69, 9.17) is 18.5 Å². The first kappa shape index (κ1) is 38.6. The molecule has 6 atom stereocenters. The minimum atomic E-state index is -5.07. The number of unbranched alkanes of at least 4 members (excludes halogenated alkanes) is 10. The average molecular weight is 627 g/mol. The number of carbonyl (C=O) groups excluding carboxylic acids is 2. The monoisotopic (exact) mass is 626 g/mol. The summed E-state index contributed by atoms with van der Waals surface area (Å²) in [4.78, 5) is 33.6. The number of hydrogen-bond acceptors (Lipinski definition) is 12. The number of aliphatic hydroxyl groups is 5. The van der Waals surface area contributed by atoms with Crippen molar-refractivity contribution in [2.24, 2.45) is 0 Å². The Balaban J connectivity index is 2.38. The lowest BCUT2D eigenvalue weighted by atomic mass is 9.85. The summed E-state index contributed by atoms with van der Waals surface area (Å²) in [6, 6.07) is 0. The van der Waals surface area contributed by atoms with Gasteiger partial charge in [0.2, 0.25) is 0 Å². The topological polar surface area (TPSA) is 210 Å². The van der Waals surface area contributed by atoms with Crippen LogP contribution in [0.3, 0.4) is 0 Å². The fourth-order valence-corrected chi connectivity index (χ4v) is 5.39. The van der Waals surface area contributed by atoms with Gasteiger partial charge in [-0.1, -0.05) is 64.0 Å². The molecule has 0 aromatic heterocycles. The van der Waals surface area contributed by atoms with Crippen LogP contribution < -0.4 is 0 Å². The van der Waals surface area contributed by atoms with Crippen molar-refractivity contribution in [3.8, 4) is 0 Å². The Morgan fingerprint density at radius 2 is 1.26 bits per heavy atom. The molecule has 13 nitrogen and oxygen atoms in total. The zero-order valence-corrected chi connectivity index (χ0v) is 25.7. The van der Waals surface area contributed by atoms with E-state index in [1.165, 1.54) is 32.1 Å². The molecule has 1 saturated carbocycles. The third-order valence-corrected chi connectivity index (χ3v) is 7.90. The van der Waals surface area contributed by atoms with Gasteiger partial charge in [-0.15, -0.1) is 0 Å². The molecule has 1 aliphatic carbocycles. The van der Waals surface area contributed by atoms with Gasteiger partial charge >= 0.3 is 19.8 Å². The zero-order chi connectivity index (χ0) is 31.5. The lowest BCUT2D eigenvalue weighted by molar-refractivity contribution is -0.220. The number of hydrogen-bond donors (Lipinski definition) is 6. The normalized spacial score (nSPS) is 26.6. The number of phosphoric ester groups is 1. The summed E-state index contributed by atoms with van der Waals surface area (Å²) in [6.45, 7) is 2.12. The second kappa shape index (κ2) is 21.3. The fourth-order valence-electron chi connectivity index (χ4n) is 4.42. The maximum Gasteiger partial charge on any atom is 0.472 e. The predicted molar refractivity (Wildman–Crippen MR) is 152 cm³/mol. The van der Waals surface area contributed by atoms with Gasteiger partial charge in [-0.25, -0.2) is 4.57 Å². The van der Waals surface area contributed by atoms with E-state index in [1.807, 2.05) is 0 Å². The van der Waals surface area contributed by atoms with E-state index in [-0.39, 0.29) is 6.42 Å². The van der Waals surface area contributed by atoms with Crippen LogP contribution in [0.5, 0.6) is 0 Å². The van der Waals surface area contributed by atoms with Gasteiger partial charge in [0.05, 0.1) is 6.61 Å². The van der Waals surface area contributed by atoms with Gasteiger partial charge in [-0.2, -0.15) is 0 Å². The Morgan fingerprint density at radius 1 is 0.762 bits per heavy atom. The number of aliphatic hydroxyl groups excluding tert-OH is 5. The molecule has 6 unspecified atom stereocenters. The van der Waals surface area contributed by atoms with Crippen LogP contribution in [0.25, 0.3) is 0 Å². The highest BCUT2D eigenvalue weighted by Crippen LogP contribution is 2.47. The van der Waals surface area contributed by atoms with Crippen molar-refractivity contribution >= 4 is 19.8 Å². The standard InChI is InChI=1S/C28H51O13P/c1-3-4-5-6-7-8-9-10-11-12-13-14-15-16-17-22(30)40-21(18-38-20(2)29)19-39-42(36,37)41-28-26(34)24(32)23(31)25(33)27(28)35/h9-10,21,23-28,31-35H,3-8,11-19H2,1-2H3,(H,36,37)/b10-9-. The highest BCUT2D eigenvalue weighted by molar-refractivity contribution is 7.47. The van der Waals surface area contributed by atoms with Crippen molar-refractivity contribution in [2.75, 3.05) is 13.2 Å². The molecule has 0 aromatic carbocycles. The molecular weight excluding hydrogens is 575 g/mol. The largest absolute Gasteiger partial charge is 0.472 e. The third-order valence-electron chi connectivity index (χ3n) is 6.91. The average Bonchev–Trinajstić information content (AvgIpc) is 2.94. The number of phosphoric acid groups is 1. The van der Waals surface area contributed by atoms with Crippen molar-refractivity contribution in [2.45, 2.75) is 140 Å². The fraction of sp³-hybridized carbons (Fsp3) is 0.857. The van der Waals surface area contributed by atoms with Gasteiger partial charge in [0.25, 0.3) is 0 Å². The van der Waals surface area contributed by atoms with Gasteiger partial charge in [0.15, 0.2) is 6.10 Å². The summed E-state index contributed by atoms with van der Waals surface area (Å²) < 4.78 is 32.1. The van der Waals surface area contributed by atoms with Crippen molar-refractivity contribution in [1.82, 2.24) is 0 Å². The molecule has 0 heterocycles. The van der Waals surface area contributed by atoms with E-state index in [1.54, 1.807) is 0 Å². The third kappa shape index (κ3) is 15.9. The van der Waals surface area contributed by atoms with Gasteiger partial charge in [-0.3, -0.25) is 18.6 Å². The quantitative estimate of drug-likeness (QED) is 0.0442. The van der Waals surface area contributed by atoms with Crippen LogP contribution in [0.15, 0.2) is 12.2 Å². The molecule has 1 aliphatic rings. The molecule has 0 aromatic rings. The first-order chi connectivity index (χ1) is 19.9. The smallest absolute Gasteiger partial charge is 0.462 e. The Morgan fingerprint density at radius 3 is 1.81 bits per heavy atom. The molecule has 0 spiro atoms. The van der Waals surface area contributed by atoms with Crippen molar-refractivity contribution in [1.29, 1.82) is 0 Å². The molecule has 14 heteroatoms. The number of allylic oxidation sites excluding steroid dienone is 2. The molecule has 0 saturated heterocycles. The van der Waals surface area contributed by atoms with Crippen LogP contribution in [0.1, 0.15) is 97.3 Å². The molecule has 0 bridgehead atoms. The van der Waals surface area contributed by atoms with Crippen LogP contribution in [0.4, 0.5) is 0 Å². The van der Waals surface area contributed by atoms with Gasteiger partial charge in [-0.05, 0) is 32.1 Å². The van der Waals surface area contributed by atoms with Crippen molar-refractivity contribution in [3.05, 3.63) is 12.2 Å². The molecule has 6 N–H and O–H groups in total. The molecular formula is C28H51O13P. The van der Waals surface area contributed by atoms with Gasteiger partial charge < -0.3 is 39.9 Å². The first-order valence-electron chi connectivity index (χ1n) is 14.9. The Kier molecular flexibility index (Phi) is 19.6. The van der Waals surface area contributed by atoms with E-state index in [0.717, 1.165) is 45.4 Å². The maximum atomic E-state index is 12.4. The summed E-state index contributed by atoms with van der Waals surface area (Å²) in [5.41, 5.74) is 0. The molecule has 0 radical (unpaired) electrons. The SMILES string of the molecule is CCCCCCC/C=C\CCCCCCCC(=O)OC(COC(C)=O)COP(=O)(O)OC1C(O)C(O)C(O)C(O)C1O. The first-order valence-corrected chi connectivity index (χ1v) is 16.4. The molecule has 0 aliphatic heterocycles. The van der Waals surface area contributed by atoms with E-state index < -0.39 is 75.7 Å². The van der Waals surface area contributed by atoms with Crippen molar-refractivity contribution < 1.29 is 63.1 Å². The molecule has 0 amide bonds. The molecule has 246 valence electrons. The van der Waals surface area contributed by atoms with Gasteiger partial charge in [0.1, 0.15) is 43.2 Å². The Bertz CT molecular complexity index is 823. The second-order valence-electron chi connectivity index (χ2n) is 10.7. The maximum absolute atomic E-state index is 12.4. The lowest BCUT2D eigenvalue weighted by Crippen LogP contribution is -2.64. The van der Waals surface area contributed by atoms with Crippen LogP contribution in [-0.4, -0.2) is 98.3 Å². The summed E-state index contributed by atoms with van der Waals surface area (Å²) >= 11 is 0. The summed E-state index contributed by atoms with van der Waals surface area (Å²) in [6.07, 6.45) is 4.43. The minimum Gasteiger partial charge on any atom is -0.462 e. The number of ether oxygens (including phenoxy) is 2. The van der Waals surface area contributed by atoms with Crippen LogP contribution in [0.2, 0.25) is 0 Å². The summed E-state index contributed by atoms with van der Waals surface area (Å²) in [5.74, 6) is -1.30. The number of rotatable bonds is 22. The molecule has 42 heavy (non-hydrogen) atoms. The lowest BCUT2D eigenvalue weighted by Gasteiger charge is -2.41. The highest BCUT2D eigenvalue weighted by atomic mass is 31.2. The minimum absolute atomic E-state index is 0.0837. The highest BCUT2D eigenvalue weighted by Gasteiger charge is 2.51. The van der Waals surface area contributed by atoms with Crippen LogP contribution in [-0.2, 0) is 32.7 Å². The predicted octanol–water partition coefficient (Wildman–Crippen LogP) is 2.43. The van der Waals surface area contributed by atoms with Crippen molar-refractivity contribution in [3.63, 3.8) is 0 Å². The number of carbonyl (C=O) groups is 2. The van der Waals surface area contributed by atoms with Crippen LogP contribution >= 0.6 is 7.82 Å². The summed E-state index contributed by atoms with van der Waals surface area (Å²) in [7, 11) is -5.07. The van der Waals surface area contributed by atoms with E-state index in [9.17, 15) is 44.6 Å². The van der Waals surface area contributed by atoms with E-state index in [0.29, 0.717) is 6.42 Å². The summed E-state index contributed by atoms with van der Waals surface area (Å²) in [5, 5.41) is 49.2. The van der Waals surface area contributed by atoms with Gasteiger partial charge in [0, 0.05) is 13.3 Å². The van der Waals surface area contributed by atoms with Crippen LogP contribution in [0, 0.1) is 0 Å². The Hall–Kier alpha value is -1.41. The number of esters is 2. The second-order valence-corrected chi connectivity index (χ2v) is 12.1.